The van der Waals surface area contributed by atoms with Crippen LogP contribution in [0.5, 0.6) is 0 Å². The van der Waals surface area contributed by atoms with Crippen LogP contribution in [-0.2, 0) is 21.1 Å². The minimum Gasteiger partial charge on any atom is -0.278 e. The first kappa shape index (κ1) is 28.1. The fourth-order valence-electron chi connectivity index (χ4n) is 5.15. The number of nitrogens with zero attached hydrogens (tertiary/aromatic N) is 5. The van der Waals surface area contributed by atoms with Crippen molar-refractivity contribution < 1.29 is 21.1 Å². The van der Waals surface area contributed by atoms with Gasteiger partial charge in [-0.3, -0.25) is 14.9 Å². The van der Waals surface area contributed by atoms with Gasteiger partial charge < -0.3 is 0 Å². The molecule has 0 saturated heterocycles. The first-order valence-corrected chi connectivity index (χ1v) is 13.3. The molecule has 41 heavy (non-hydrogen) atoms. The summed E-state index contributed by atoms with van der Waals surface area (Å²) in [5, 5.41) is 0. The Labute approximate surface area is 255 Å². The molecule has 0 saturated carbocycles. The Bertz CT molecular complexity index is 1770. The zero-order valence-electron chi connectivity index (χ0n) is 23.1. The van der Waals surface area contributed by atoms with Crippen LogP contribution < -0.4 is 4.90 Å². The second-order valence-corrected chi connectivity index (χ2v) is 9.86. The Kier molecular flexibility index (Phi) is 8.47. The van der Waals surface area contributed by atoms with Gasteiger partial charge in [0, 0.05) is 33.5 Å². The van der Waals surface area contributed by atoms with Crippen molar-refractivity contribution in [2.45, 2.75) is 20.8 Å². The van der Waals surface area contributed by atoms with E-state index in [4.69, 9.17) is 9.97 Å². The molecule has 0 N–H and O–H groups in total. The molecule has 6 rings (SSSR count). The van der Waals surface area contributed by atoms with E-state index in [0.29, 0.717) is 0 Å². The minimum atomic E-state index is 0. The van der Waals surface area contributed by atoms with Crippen molar-refractivity contribution in [2.24, 2.45) is 0 Å². The minimum absolute atomic E-state index is 0. The molecule has 5 nitrogen and oxygen atoms in total. The molecular formula is C35H29N5Pt. The Morgan fingerprint density at radius 1 is 0.488 bits per heavy atom. The van der Waals surface area contributed by atoms with E-state index >= 15 is 0 Å². The van der Waals surface area contributed by atoms with Gasteiger partial charge in [0.2, 0.25) is 0 Å². The van der Waals surface area contributed by atoms with Crippen molar-refractivity contribution in [1.82, 2.24) is 19.9 Å². The molecule has 0 unspecified atom stereocenters. The van der Waals surface area contributed by atoms with Gasteiger partial charge in [0.25, 0.3) is 0 Å². The molecule has 4 aromatic heterocycles. The third-order valence-corrected chi connectivity index (χ3v) is 6.84. The fourth-order valence-corrected chi connectivity index (χ4v) is 5.15. The first-order valence-electron chi connectivity index (χ1n) is 13.3. The molecule has 2 aromatic carbocycles. The Balaban J connectivity index is 0.00000337. The molecule has 4 heterocycles. The molecule has 204 valence electrons. The predicted molar refractivity (Wildman–Crippen MR) is 163 cm³/mol. The summed E-state index contributed by atoms with van der Waals surface area (Å²) in [6, 6.07) is 36.8. The number of rotatable bonds is 6. The smallest absolute Gasteiger partial charge is 0.139 e. The van der Waals surface area contributed by atoms with Gasteiger partial charge in [-0.25, -0.2) is 9.97 Å². The molecule has 6 heteroatoms. The number of pyridine rings is 4. The van der Waals surface area contributed by atoms with E-state index in [-0.39, 0.29) is 21.1 Å². The van der Waals surface area contributed by atoms with Crippen LogP contribution in [0.3, 0.4) is 0 Å². The second kappa shape index (κ2) is 12.4. The maximum Gasteiger partial charge on any atom is 0.139 e. The van der Waals surface area contributed by atoms with E-state index in [1.54, 1.807) is 6.20 Å². The molecule has 6 aromatic rings. The van der Waals surface area contributed by atoms with Gasteiger partial charge in [0.15, 0.2) is 0 Å². The van der Waals surface area contributed by atoms with Gasteiger partial charge in [-0.15, -0.1) is 0 Å². The van der Waals surface area contributed by atoms with Crippen LogP contribution in [0.25, 0.3) is 33.9 Å². The number of aromatic nitrogens is 4. The van der Waals surface area contributed by atoms with E-state index in [1.165, 1.54) is 5.56 Å². The van der Waals surface area contributed by atoms with Crippen LogP contribution in [-0.4, -0.2) is 19.9 Å². The number of hydrogen-bond acceptors (Lipinski definition) is 5. The van der Waals surface area contributed by atoms with Gasteiger partial charge >= 0.3 is 0 Å². The second-order valence-electron chi connectivity index (χ2n) is 9.86. The Morgan fingerprint density at radius 2 is 1.07 bits per heavy atom. The molecule has 0 aliphatic heterocycles. The van der Waals surface area contributed by atoms with Crippen molar-refractivity contribution in [3.05, 3.63) is 138 Å². The quantitative estimate of drug-likeness (QED) is 0.173. The van der Waals surface area contributed by atoms with E-state index in [9.17, 15) is 0 Å². The van der Waals surface area contributed by atoms with Crippen molar-refractivity contribution in [3.63, 3.8) is 0 Å². The van der Waals surface area contributed by atoms with E-state index in [2.05, 4.69) is 66.0 Å². The number of benzene rings is 2. The number of anilines is 3. The summed E-state index contributed by atoms with van der Waals surface area (Å²) in [5.41, 5.74) is 10.1. The van der Waals surface area contributed by atoms with E-state index in [0.717, 1.165) is 62.4 Å². The van der Waals surface area contributed by atoms with Crippen molar-refractivity contribution in [2.75, 3.05) is 4.90 Å². The first-order chi connectivity index (χ1) is 19.6. The molecule has 0 spiro atoms. The van der Waals surface area contributed by atoms with E-state index in [1.807, 2.05) is 85.1 Å². The predicted octanol–water partition coefficient (Wildman–Crippen LogP) is 8.66. The van der Waals surface area contributed by atoms with Crippen LogP contribution >= 0.6 is 0 Å². The molecule has 0 atom stereocenters. The Morgan fingerprint density at radius 3 is 1.71 bits per heavy atom. The van der Waals surface area contributed by atoms with Crippen molar-refractivity contribution in [3.8, 4) is 33.9 Å². The summed E-state index contributed by atoms with van der Waals surface area (Å²) in [6.45, 7) is 6.40. The summed E-state index contributed by atoms with van der Waals surface area (Å²) in [4.78, 5) is 21.6. The summed E-state index contributed by atoms with van der Waals surface area (Å²) in [7, 11) is 0. The maximum absolute atomic E-state index is 5.15. The van der Waals surface area contributed by atoms with Gasteiger partial charge in [0.1, 0.15) is 11.6 Å². The maximum atomic E-state index is 5.15. The molecular weight excluding hydrogens is 685 g/mol. The molecule has 0 radical (unpaired) electrons. The normalized spacial score (nSPS) is 10.6. The van der Waals surface area contributed by atoms with Gasteiger partial charge in [0.05, 0.1) is 28.5 Å². The van der Waals surface area contributed by atoms with Crippen molar-refractivity contribution >= 4 is 17.3 Å². The van der Waals surface area contributed by atoms with Crippen LogP contribution in [0.1, 0.15) is 16.7 Å². The average molecular weight is 715 g/mol. The van der Waals surface area contributed by atoms with Crippen LogP contribution in [0, 0.1) is 20.8 Å². The topological polar surface area (TPSA) is 54.8 Å². The van der Waals surface area contributed by atoms with Gasteiger partial charge in [-0.2, -0.15) is 0 Å². The zero-order chi connectivity index (χ0) is 27.5. The SMILES string of the molecule is Cc1cc(C)c(N(c2cccc(-c3ccccn3)n2)c2cccc(-c3cc(-c4ccccc4)ccn3)n2)c(C)c1.[Pt]. The van der Waals surface area contributed by atoms with Crippen LogP contribution in [0.4, 0.5) is 17.3 Å². The van der Waals surface area contributed by atoms with E-state index < -0.39 is 0 Å². The summed E-state index contributed by atoms with van der Waals surface area (Å²) < 4.78 is 0. The molecule has 0 fully saturated rings. The van der Waals surface area contributed by atoms with Crippen LogP contribution in [0.2, 0.25) is 0 Å². The molecule has 0 aliphatic carbocycles. The largest absolute Gasteiger partial charge is 0.278 e. The van der Waals surface area contributed by atoms with Gasteiger partial charge in [-0.05, 0) is 91.6 Å². The zero-order valence-corrected chi connectivity index (χ0v) is 25.4. The van der Waals surface area contributed by atoms with Crippen molar-refractivity contribution in [1.29, 1.82) is 0 Å². The fraction of sp³-hybridized carbons (Fsp3) is 0.0857. The van der Waals surface area contributed by atoms with Gasteiger partial charge in [-0.1, -0.05) is 66.2 Å². The third-order valence-electron chi connectivity index (χ3n) is 6.84. The number of hydrogen-bond donors (Lipinski definition) is 0. The number of aryl methyl sites for hydroxylation is 3. The third kappa shape index (κ3) is 6.01. The molecule has 0 bridgehead atoms. The molecule has 0 aliphatic rings. The summed E-state index contributed by atoms with van der Waals surface area (Å²) in [5.74, 6) is 1.54. The summed E-state index contributed by atoms with van der Waals surface area (Å²) in [6.07, 6.45) is 3.63. The summed E-state index contributed by atoms with van der Waals surface area (Å²) >= 11 is 0. The molecule has 0 amide bonds. The van der Waals surface area contributed by atoms with Crippen LogP contribution in [0.15, 0.2) is 122 Å². The monoisotopic (exact) mass is 714 g/mol. The Hall–Kier alpha value is -4.47. The average Bonchev–Trinajstić information content (AvgIpc) is 3.00. The standard InChI is InChI=1S/C35H29N5.Pt/c1-24-21-25(2)35(26(3)22-24)40(33-16-9-14-30(38-33)29-13-7-8-19-36-29)34-17-10-15-31(39-34)32-23-28(18-20-37-32)27-11-5-4-6-12-27;/h4-23H,1-3H3;.